The molecule has 112 valence electrons. The minimum Gasteiger partial charge on any atom is -0.306 e. The number of benzene rings is 2. The standard InChI is InChI=1S/C18H21Cl2N/c1-3-9-21-18(14-7-5-13(4-2)6-8-14)15-10-16(19)12-17(20)11-15/h5-8,10-12,18,21H,3-4,9H2,1-2H3. The van der Waals surface area contributed by atoms with Crippen LogP contribution in [0.3, 0.4) is 0 Å². The molecule has 0 saturated heterocycles. The zero-order valence-electron chi connectivity index (χ0n) is 12.5. The van der Waals surface area contributed by atoms with Crippen LogP contribution in [0.5, 0.6) is 0 Å². The third kappa shape index (κ3) is 4.47. The summed E-state index contributed by atoms with van der Waals surface area (Å²) < 4.78 is 0. The van der Waals surface area contributed by atoms with Gasteiger partial charge in [0.05, 0.1) is 6.04 Å². The second-order valence-electron chi connectivity index (χ2n) is 5.19. The molecule has 0 fully saturated rings. The first-order chi connectivity index (χ1) is 10.1. The number of rotatable bonds is 6. The predicted molar refractivity (Wildman–Crippen MR) is 92.4 cm³/mol. The van der Waals surface area contributed by atoms with Crippen molar-refractivity contribution in [1.82, 2.24) is 5.32 Å². The second kappa shape index (κ2) is 7.84. The molecule has 0 aliphatic carbocycles. The Morgan fingerprint density at radius 2 is 1.52 bits per heavy atom. The van der Waals surface area contributed by atoms with Gasteiger partial charge in [0.25, 0.3) is 0 Å². The molecule has 2 rings (SSSR count). The molecule has 1 atom stereocenters. The molecule has 2 aromatic rings. The maximum atomic E-state index is 6.15. The SMILES string of the molecule is CCCNC(c1ccc(CC)cc1)c1cc(Cl)cc(Cl)c1. The Bertz CT molecular complexity index is 558. The summed E-state index contributed by atoms with van der Waals surface area (Å²) in [7, 11) is 0. The highest BCUT2D eigenvalue weighted by atomic mass is 35.5. The second-order valence-corrected chi connectivity index (χ2v) is 6.06. The molecule has 0 aliphatic heterocycles. The Balaban J connectivity index is 2.36. The van der Waals surface area contributed by atoms with E-state index in [1.807, 2.05) is 12.1 Å². The van der Waals surface area contributed by atoms with Crippen molar-refractivity contribution in [1.29, 1.82) is 0 Å². The van der Waals surface area contributed by atoms with Gasteiger partial charge in [-0.1, -0.05) is 61.3 Å². The minimum absolute atomic E-state index is 0.118. The lowest BCUT2D eigenvalue weighted by Gasteiger charge is -2.20. The Morgan fingerprint density at radius 1 is 0.905 bits per heavy atom. The van der Waals surface area contributed by atoms with Crippen LogP contribution in [0.1, 0.15) is 43.0 Å². The quantitative estimate of drug-likeness (QED) is 0.725. The summed E-state index contributed by atoms with van der Waals surface area (Å²) in [6.45, 7) is 5.28. The summed E-state index contributed by atoms with van der Waals surface area (Å²) in [6, 6.07) is 14.6. The summed E-state index contributed by atoms with van der Waals surface area (Å²) in [5, 5.41) is 4.92. The molecule has 3 heteroatoms. The Hall–Kier alpha value is -1.02. The van der Waals surface area contributed by atoms with Gasteiger partial charge in [-0.25, -0.2) is 0 Å². The molecule has 1 N–H and O–H groups in total. The normalized spacial score (nSPS) is 12.4. The van der Waals surface area contributed by atoms with E-state index in [-0.39, 0.29) is 6.04 Å². The van der Waals surface area contributed by atoms with Gasteiger partial charge < -0.3 is 5.32 Å². The zero-order valence-corrected chi connectivity index (χ0v) is 14.0. The van der Waals surface area contributed by atoms with Crippen LogP contribution in [0, 0.1) is 0 Å². The van der Waals surface area contributed by atoms with Crippen LogP contribution in [0.4, 0.5) is 0 Å². The molecule has 0 aromatic heterocycles. The van der Waals surface area contributed by atoms with Gasteiger partial charge in [0.2, 0.25) is 0 Å². The summed E-state index contributed by atoms with van der Waals surface area (Å²) >= 11 is 12.3. The van der Waals surface area contributed by atoms with Crippen LogP contribution < -0.4 is 5.32 Å². The van der Waals surface area contributed by atoms with Gasteiger partial charge in [0.1, 0.15) is 0 Å². The molecule has 0 saturated carbocycles. The number of nitrogens with one attached hydrogen (secondary N) is 1. The fourth-order valence-corrected chi connectivity index (χ4v) is 2.95. The topological polar surface area (TPSA) is 12.0 Å². The van der Waals surface area contributed by atoms with E-state index in [9.17, 15) is 0 Å². The van der Waals surface area contributed by atoms with E-state index >= 15 is 0 Å². The van der Waals surface area contributed by atoms with Crippen molar-refractivity contribution in [2.24, 2.45) is 0 Å². The number of hydrogen-bond donors (Lipinski definition) is 1. The number of hydrogen-bond acceptors (Lipinski definition) is 1. The van der Waals surface area contributed by atoms with Gasteiger partial charge in [-0.3, -0.25) is 0 Å². The third-order valence-corrected chi connectivity index (χ3v) is 3.97. The monoisotopic (exact) mass is 321 g/mol. The molecular weight excluding hydrogens is 301 g/mol. The first-order valence-electron chi connectivity index (χ1n) is 7.42. The molecule has 0 spiro atoms. The average molecular weight is 322 g/mol. The van der Waals surface area contributed by atoms with Crippen LogP contribution in [-0.2, 0) is 6.42 Å². The van der Waals surface area contributed by atoms with Crippen molar-refractivity contribution in [2.75, 3.05) is 6.54 Å². The molecular formula is C18H21Cl2N. The Labute approximate surface area is 137 Å². The molecule has 0 radical (unpaired) electrons. The van der Waals surface area contributed by atoms with E-state index in [2.05, 4.69) is 43.4 Å². The molecule has 21 heavy (non-hydrogen) atoms. The highest BCUT2D eigenvalue weighted by Gasteiger charge is 2.14. The number of halogens is 2. The van der Waals surface area contributed by atoms with Crippen molar-refractivity contribution < 1.29 is 0 Å². The molecule has 1 unspecified atom stereocenters. The average Bonchev–Trinajstić information content (AvgIpc) is 2.47. The van der Waals surface area contributed by atoms with Crippen LogP contribution in [0.25, 0.3) is 0 Å². The molecule has 0 heterocycles. The summed E-state index contributed by atoms with van der Waals surface area (Å²) in [5.41, 5.74) is 3.68. The third-order valence-electron chi connectivity index (χ3n) is 3.54. The summed E-state index contributed by atoms with van der Waals surface area (Å²) in [4.78, 5) is 0. The lowest BCUT2D eigenvalue weighted by molar-refractivity contribution is 0.598. The van der Waals surface area contributed by atoms with Gasteiger partial charge in [-0.2, -0.15) is 0 Å². The lowest BCUT2D eigenvalue weighted by Crippen LogP contribution is -2.23. The van der Waals surface area contributed by atoms with E-state index in [0.29, 0.717) is 10.0 Å². The molecule has 2 aromatic carbocycles. The lowest BCUT2D eigenvalue weighted by atomic mass is 9.97. The zero-order chi connectivity index (χ0) is 15.2. The van der Waals surface area contributed by atoms with E-state index in [0.717, 1.165) is 24.9 Å². The van der Waals surface area contributed by atoms with Crippen molar-refractivity contribution in [2.45, 2.75) is 32.7 Å². The smallest absolute Gasteiger partial charge is 0.0577 e. The van der Waals surface area contributed by atoms with Crippen LogP contribution in [0.2, 0.25) is 10.0 Å². The first-order valence-corrected chi connectivity index (χ1v) is 8.17. The highest BCUT2D eigenvalue weighted by molar-refractivity contribution is 6.34. The van der Waals surface area contributed by atoms with Crippen molar-refractivity contribution in [3.05, 3.63) is 69.2 Å². The van der Waals surface area contributed by atoms with Gasteiger partial charge >= 0.3 is 0 Å². The van der Waals surface area contributed by atoms with Crippen LogP contribution in [-0.4, -0.2) is 6.54 Å². The van der Waals surface area contributed by atoms with Gasteiger partial charge in [-0.05, 0) is 54.3 Å². The fourth-order valence-electron chi connectivity index (χ4n) is 2.40. The van der Waals surface area contributed by atoms with E-state index in [4.69, 9.17) is 23.2 Å². The largest absolute Gasteiger partial charge is 0.306 e. The summed E-state index contributed by atoms with van der Waals surface area (Å²) in [5.74, 6) is 0. The molecule has 1 nitrogen and oxygen atoms in total. The predicted octanol–water partition coefficient (Wildman–Crippen LogP) is 5.64. The maximum absolute atomic E-state index is 6.15. The Morgan fingerprint density at radius 3 is 2.05 bits per heavy atom. The molecule has 0 amide bonds. The van der Waals surface area contributed by atoms with E-state index < -0.39 is 0 Å². The van der Waals surface area contributed by atoms with Gasteiger partial charge in [0.15, 0.2) is 0 Å². The summed E-state index contributed by atoms with van der Waals surface area (Å²) in [6.07, 6.45) is 2.13. The first kappa shape index (κ1) is 16.4. The van der Waals surface area contributed by atoms with Gasteiger partial charge in [-0.15, -0.1) is 0 Å². The van der Waals surface area contributed by atoms with Crippen LogP contribution in [0.15, 0.2) is 42.5 Å². The van der Waals surface area contributed by atoms with Gasteiger partial charge in [0, 0.05) is 10.0 Å². The molecule has 0 bridgehead atoms. The maximum Gasteiger partial charge on any atom is 0.0577 e. The van der Waals surface area contributed by atoms with Crippen LogP contribution >= 0.6 is 23.2 Å². The number of aryl methyl sites for hydroxylation is 1. The van der Waals surface area contributed by atoms with Crippen molar-refractivity contribution in [3.8, 4) is 0 Å². The van der Waals surface area contributed by atoms with E-state index in [1.165, 1.54) is 11.1 Å². The van der Waals surface area contributed by atoms with E-state index in [1.54, 1.807) is 6.07 Å². The van der Waals surface area contributed by atoms with Crippen molar-refractivity contribution in [3.63, 3.8) is 0 Å². The minimum atomic E-state index is 0.118. The van der Waals surface area contributed by atoms with Crippen molar-refractivity contribution >= 4 is 23.2 Å². The highest BCUT2D eigenvalue weighted by Crippen LogP contribution is 2.28. The molecule has 0 aliphatic rings. The Kier molecular flexibility index (Phi) is 6.10. The fraction of sp³-hybridized carbons (Fsp3) is 0.333.